The smallest absolute Gasteiger partial charge is 0.127 e. The number of rotatable bonds is 10. The molecule has 198 valence electrons. The molecule has 0 bridgehead atoms. The van der Waals surface area contributed by atoms with Crippen LogP contribution in [0, 0.1) is 0 Å². The summed E-state index contributed by atoms with van der Waals surface area (Å²) >= 11 is 0. The van der Waals surface area contributed by atoms with E-state index in [-0.39, 0.29) is 0 Å². The highest BCUT2D eigenvalue weighted by Gasteiger charge is 2.13. The minimum atomic E-state index is 0.776. The number of benzene rings is 4. The first-order valence-corrected chi connectivity index (χ1v) is 13.0. The van der Waals surface area contributed by atoms with Crippen molar-refractivity contribution in [1.82, 2.24) is 0 Å². The van der Waals surface area contributed by atoms with Crippen LogP contribution in [0.3, 0.4) is 0 Å². The normalized spacial score (nSPS) is 11.5. The highest BCUT2D eigenvalue weighted by atomic mass is 16.5. The molecule has 0 heterocycles. The zero-order valence-corrected chi connectivity index (χ0v) is 23.2. The van der Waals surface area contributed by atoms with Gasteiger partial charge in [0.1, 0.15) is 23.0 Å². The average molecular weight is 518 g/mol. The minimum absolute atomic E-state index is 0.776. The molecule has 0 aliphatic rings. The topological polar surface area (TPSA) is 30.9 Å². The van der Waals surface area contributed by atoms with Gasteiger partial charge < -0.3 is 19.1 Å². The Morgan fingerprint density at radius 3 is 1.41 bits per heavy atom. The molecule has 0 N–H and O–H groups in total. The molecule has 0 aliphatic carbocycles. The number of allylic oxidation sites excluding steroid dienone is 4. The lowest BCUT2D eigenvalue weighted by molar-refractivity contribution is 0.476. The van der Waals surface area contributed by atoms with E-state index in [0.29, 0.717) is 0 Å². The first kappa shape index (κ1) is 27.3. The van der Waals surface area contributed by atoms with E-state index in [4.69, 9.17) is 14.2 Å². The maximum Gasteiger partial charge on any atom is 0.127 e. The Balaban J connectivity index is 1.62. The summed E-state index contributed by atoms with van der Waals surface area (Å²) in [5.74, 6) is 3.14. The molecule has 4 rings (SSSR count). The van der Waals surface area contributed by atoms with Gasteiger partial charge in [0.15, 0.2) is 0 Å². The standard InChI is InChI=1S/C35H35NO3/c1-6-27(4)28(5)25-38-33-20-14-30(15-21-33)36(29-12-18-32(19-13-29)37-24-26(2)3)31-16-22-35(23-17-31)39-34-10-8-7-9-11-34/h6-25H,1-5H3/b27-6+,28-25+. The summed E-state index contributed by atoms with van der Waals surface area (Å²) in [6.45, 7) is 10.2. The largest absolute Gasteiger partial charge is 0.465 e. The maximum atomic E-state index is 6.01. The van der Waals surface area contributed by atoms with Crippen molar-refractivity contribution in [1.29, 1.82) is 0 Å². The lowest BCUT2D eigenvalue weighted by Gasteiger charge is -2.26. The third-order valence-electron chi connectivity index (χ3n) is 6.12. The molecule has 4 aromatic carbocycles. The van der Waals surface area contributed by atoms with Gasteiger partial charge in [-0.3, -0.25) is 0 Å². The zero-order valence-electron chi connectivity index (χ0n) is 23.2. The van der Waals surface area contributed by atoms with Crippen molar-refractivity contribution in [2.45, 2.75) is 34.6 Å². The predicted octanol–water partition coefficient (Wildman–Crippen LogP) is 10.5. The molecular formula is C35H35NO3. The molecule has 0 radical (unpaired) electrons. The number of hydrogen-bond acceptors (Lipinski definition) is 4. The van der Waals surface area contributed by atoms with Crippen LogP contribution in [-0.4, -0.2) is 0 Å². The summed E-state index contributed by atoms with van der Waals surface area (Å²) in [5.41, 5.74) is 6.39. The van der Waals surface area contributed by atoms with E-state index in [2.05, 4.69) is 54.3 Å². The number of hydrogen-bond donors (Lipinski definition) is 0. The molecule has 0 saturated carbocycles. The second kappa shape index (κ2) is 13.2. The molecule has 0 saturated heterocycles. The Kier molecular flexibility index (Phi) is 9.25. The fourth-order valence-corrected chi connectivity index (χ4v) is 3.75. The van der Waals surface area contributed by atoms with Crippen molar-refractivity contribution in [2.24, 2.45) is 0 Å². The lowest BCUT2D eigenvalue weighted by Crippen LogP contribution is -2.09. The number of para-hydroxylation sites is 1. The van der Waals surface area contributed by atoms with Crippen LogP contribution >= 0.6 is 0 Å². The van der Waals surface area contributed by atoms with Gasteiger partial charge in [0.25, 0.3) is 0 Å². The first-order valence-electron chi connectivity index (χ1n) is 13.0. The lowest BCUT2D eigenvalue weighted by atomic mass is 10.1. The van der Waals surface area contributed by atoms with Crippen LogP contribution in [0.5, 0.6) is 23.0 Å². The summed E-state index contributed by atoms with van der Waals surface area (Å²) < 4.78 is 17.7. The third kappa shape index (κ3) is 7.65. The van der Waals surface area contributed by atoms with E-state index in [1.807, 2.05) is 94.4 Å². The number of anilines is 3. The van der Waals surface area contributed by atoms with Crippen LogP contribution in [0.4, 0.5) is 17.1 Å². The average Bonchev–Trinajstić information content (AvgIpc) is 2.97. The summed E-state index contributed by atoms with van der Waals surface area (Å²) in [6.07, 6.45) is 5.62. The van der Waals surface area contributed by atoms with Crippen molar-refractivity contribution >= 4 is 17.1 Å². The first-order chi connectivity index (χ1) is 18.9. The molecular weight excluding hydrogens is 482 g/mol. The van der Waals surface area contributed by atoms with Gasteiger partial charge in [0.05, 0.1) is 12.5 Å². The van der Waals surface area contributed by atoms with Crippen LogP contribution in [-0.2, 0) is 0 Å². The Morgan fingerprint density at radius 1 is 0.513 bits per heavy atom. The van der Waals surface area contributed by atoms with E-state index >= 15 is 0 Å². The molecule has 0 amide bonds. The van der Waals surface area contributed by atoms with E-state index in [9.17, 15) is 0 Å². The van der Waals surface area contributed by atoms with Crippen LogP contribution in [0.1, 0.15) is 34.6 Å². The zero-order chi connectivity index (χ0) is 27.6. The Labute approximate surface area is 232 Å². The van der Waals surface area contributed by atoms with Crippen LogP contribution in [0.2, 0.25) is 0 Å². The van der Waals surface area contributed by atoms with Gasteiger partial charge in [0, 0.05) is 17.1 Å². The quantitative estimate of drug-likeness (QED) is 0.155. The van der Waals surface area contributed by atoms with Crippen molar-refractivity contribution in [2.75, 3.05) is 4.90 Å². The van der Waals surface area contributed by atoms with Crippen molar-refractivity contribution in [3.63, 3.8) is 0 Å². The van der Waals surface area contributed by atoms with Crippen LogP contribution in [0.25, 0.3) is 0 Å². The van der Waals surface area contributed by atoms with Gasteiger partial charge in [-0.15, -0.1) is 0 Å². The molecule has 4 aromatic rings. The molecule has 0 unspecified atom stereocenters. The minimum Gasteiger partial charge on any atom is -0.465 e. The van der Waals surface area contributed by atoms with Crippen molar-refractivity contribution in [3.8, 4) is 23.0 Å². The van der Waals surface area contributed by atoms with Crippen LogP contribution in [0.15, 0.2) is 138 Å². The fraction of sp³-hybridized carbons (Fsp3) is 0.143. The fourth-order valence-electron chi connectivity index (χ4n) is 3.75. The predicted molar refractivity (Wildman–Crippen MR) is 162 cm³/mol. The Morgan fingerprint density at radius 2 is 0.949 bits per heavy atom. The van der Waals surface area contributed by atoms with E-state index in [1.54, 1.807) is 12.5 Å². The van der Waals surface area contributed by atoms with Gasteiger partial charge in [-0.25, -0.2) is 0 Å². The maximum absolute atomic E-state index is 6.01. The Bertz CT molecular complexity index is 1430. The Hall–Kier alpha value is -4.70. The SMILES string of the molecule is C/C=C(C)/C(C)=C/Oc1ccc(N(c2ccc(OC=C(C)C)cc2)c2ccc(Oc3ccccc3)cc2)cc1. The monoisotopic (exact) mass is 517 g/mol. The summed E-state index contributed by atoms with van der Waals surface area (Å²) in [4.78, 5) is 2.19. The van der Waals surface area contributed by atoms with Crippen molar-refractivity contribution in [3.05, 3.63) is 138 Å². The molecule has 0 spiro atoms. The number of ether oxygens (including phenoxy) is 3. The molecule has 0 aromatic heterocycles. The highest BCUT2D eigenvalue weighted by Crippen LogP contribution is 2.37. The summed E-state index contributed by atoms with van der Waals surface area (Å²) in [6, 6.07) is 34.0. The molecule has 0 aliphatic heterocycles. The van der Waals surface area contributed by atoms with Crippen LogP contribution < -0.4 is 19.1 Å². The summed E-state index contributed by atoms with van der Waals surface area (Å²) in [5, 5.41) is 0. The van der Waals surface area contributed by atoms with Gasteiger partial charge >= 0.3 is 0 Å². The molecule has 0 atom stereocenters. The second-order valence-electron chi connectivity index (χ2n) is 9.44. The van der Waals surface area contributed by atoms with E-state index < -0.39 is 0 Å². The van der Waals surface area contributed by atoms with Gasteiger partial charge in [-0.1, -0.05) is 24.3 Å². The van der Waals surface area contributed by atoms with Crippen molar-refractivity contribution < 1.29 is 14.2 Å². The molecule has 0 fully saturated rings. The van der Waals surface area contributed by atoms with Gasteiger partial charge in [-0.05, 0) is 136 Å². The highest BCUT2D eigenvalue weighted by molar-refractivity contribution is 5.77. The van der Waals surface area contributed by atoms with E-state index in [1.165, 1.54) is 5.57 Å². The second-order valence-corrected chi connectivity index (χ2v) is 9.44. The molecule has 4 heteroatoms. The summed E-state index contributed by atoms with van der Waals surface area (Å²) in [7, 11) is 0. The number of nitrogens with zero attached hydrogens (tertiary/aromatic N) is 1. The molecule has 4 nitrogen and oxygen atoms in total. The van der Waals surface area contributed by atoms with E-state index in [0.717, 1.165) is 51.2 Å². The molecule has 39 heavy (non-hydrogen) atoms. The van der Waals surface area contributed by atoms with Gasteiger partial charge in [0.2, 0.25) is 0 Å². The third-order valence-corrected chi connectivity index (χ3v) is 6.12. The van der Waals surface area contributed by atoms with Gasteiger partial charge in [-0.2, -0.15) is 0 Å².